The number of carbonyl (C=O) groups is 1. The summed E-state index contributed by atoms with van der Waals surface area (Å²) in [5, 5.41) is 2.85. The Morgan fingerprint density at radius 3 is 2.82 bits per heavy atom. The van der Waals surface area contributed by atoms with Gasteiger partial charge in [-0.3, -0.25) is 4.79 Å². The number of ether oxygens (including phenoxy) is 1. The molecule has 0 aliphatic heterocycles. The maximum absolute atomic E-state index is 12.8. The van der Waals surface area contributed by atoms with Crippen LogP contribution in [0.1, 0.15) is 6.42 Å². The first-order valence-electron chi connectivity index (χ1n) is 7.26. The van der Waals surface area contributed by atoms with Crippen molar-refractivity contribution in [3.63, 3.8) is 0 Å². The fourth-order valence-electron chi connectivity index (χ4n) is 2.79. The molecular formula is C18H14FNO2. The van der Waals surface area contributed by atoms with Gasteiger partial charge >= 0.3 is 0 Å². The lowest BCUT2D eigenvalue weighted by atomic mass is 10.1. The molecule has 1 amide bonds. The number of amides is 1. The first kappa shape index (κ1) is 13.1. The third-order valence-electron chi connectivity index (χ3n) is 3.99. The van der Waals surface area contributed by atoms with Crippen LogP contribution in [0.4, 0.5) is 4.39 Å². The molecule has 3 aliphatic rings. The third kappa shape index (κ3) is 2.26. The smallest absolute Gasteiger partial charge is 0.252 e. The van der Waals surface area contributed by atoms with Crippen molar-refractivity contribution in [2.45, 2.75) is 6.42 Å². The van der Waals surface area contributed by atoms with E-state index in [4.69, 9.17) is 4.74 Å². The van der Waals surface area contributed by atoms with Gasteiger partial charge in [-0.1, -0.05) is 6.08 Å². The van der Waals surface area contributed by atoms with E-state index in [-0.39, 0.29) is 11.7 Å². The van der Waals surface area contributed by atoms with Crippen molar-refractivity contribution < 1.29 is 13.9 Å². The number of benzene rings is 1. The summed E-state index contributed by atoms with van der Waals surface area (Å²) in [6, 6.07) is 5.82. The average molecular weight is 295 g/mol. The first-order valence-corrected chi connectivity index (χ1v) is 7.26. The standard InChI is InChI=1S/C18H14FNO2/c19-12-1-3-13(4-2-12)22-8-7-20-18(21)15-6-5-14-16-9-11(16)10-17(14)15/h1-6,10H,7-9H2,(H,20,21). The van der Waals surface area contributed by atoms with E-state index in [1.807, 2.05) is 12.2 Å². The Bertz CT molecular complexity index is 782. The lowest BCUT2D eigenvalue weighted by Gasteiger charge is -2.08. The van der Waals surface area contributed by atoms with Gasteiger partial charge in [-0.05, 0) is 65.1 Å². The topological polar surface area (TPSA) is 38.3 Å². The van der Waals surface area contributed by atoms with E-state index in [0.29, 0.717) is 18.9 Å². The molecule has 1 fully saturated rings. The van der Waals surface area contributed by atoms with Crippen molar-refractivity contribution in [3.8, 4) is 5.75 Å². The summed E-state index contributed by atoms with van der Waals surface area (Å²) >= 11 is 0. The largest absolute Gasteiger partial charge is 0.492 e. The van der Waals surface area contributed by atoms with Gasteiger partial charge in [-0.15, -0.1) is 0 Å². The summed E-state index contributed by atoms with van der Waals surface area (Å²) in [6.45, 7) is 0.752. The highest BCUT2D eigenvalue weighted by Gasteiger charge is 2.35. The molecule has 3 aliphatic carbocycles. The van der Waals surface area contributed by atoms with Crippen molar-refractivity contribution in [1.29, 1.82) is 0 Å². The van der Waals surface area contributed by atoms with Crippen LogP contribution in [0.5, 0.6) is 5.75 Å². The average Bonchev–Trinajstić information content (AvgIpc) is 3.00. The van der Waals surface area contributed by atoms with Gasteiger partial charge in [0.05, 0.1) is 6.54 Å². The molecule has 110 valence electrons. The number of rotatable bonds is 5. The summed E-state index contributed by atoms with van der Waals surface area (Å²) in [4.78, 5) is 12.2. The predicted molar refractivity (Wildman–Crippen MR) is 80.8 cm³/mol. The molecule has 0 spiro atoms. The van der Waals surface area contributed by atoms with Crippen LogP contribution in [0, 0.1) is 5.82 Å². The van der Waals surface area contributed by atoms with Gasteiger partial charge in [0.2, 0.25) is 0 Å². The molecule has 0 heterocycles. The number of hydrogen-bond donors (Lipinski definition) is 1. The van der Waals surface area contributed by atoms with Gasteiger partial charge in [-0.2, -0.15) is 0 Å². The Balaban J connectivity index is 1.30. The number of allylic oxidation sites excluding steroid dienone is 6. The van der Waals surface area contributed by atoms with E-state index in [1.54, 1.807) is 12.1 Å². The van der Waals surface area contributed by atoms with E-state index >= 15 is 0 Å². The van der Waals surface area contributed by atoms with Gasteiger partial charge in [0.15, 0.2) is 0 Å². The summed E-state index contributed by atoms with van der Waals surface area (Å²) in [6.07, 6.45) is 7.07. The number of halogens is 1. The second kappa shape index (κ2) is 4.98. The van der Waals surface area contributed by atoms with Gasteiger partial charge in [0.25, 0.3) is 5.91 Å². The van der Waals surface area contributed by atoms with Crippen LogP contribution in [0.2, 0.25) is 0 Å². The fraction of sp³-hybridized carbons (Fsp3) is 0.167. The summed E-state index contributed by atoms with van der Waals surface area (Å²) in [5.41, 5.74) is 5.73. The van der Waals surface area contributed by atoms with Crippen LogP contribution in [0.3, 0.4) is 0 Å². The first-order chi connectivity index (χ1) is 10.7. The maximum Gasteiger partial charge on any atom is 0.252 e. The molecule has 0 aromatic heterocycles. The Morgan fingerprint density at radius 1 is 1.18 bits per heavy atom. The monoisotopic (exact) mass is 295 g/mol. The minimum atomic E-state index is -0.296. The molecule has 0 bridgehead atoms. The number of hydrogen-bond acceptors (Lipinski definition) is 2. The van der Waals surface area contributed by atoms with Gasteiger partial charge < -0.3 is 10.1 Å². The van der Waals surface area contributed by atoms with E-state index < -0.39 is 0 Å². The minimum Gasteiger partial charge on any atom is -0.492 e. The van der Waals surface area contributed by atoms with Crippen LogP contribution in [0.15, 0.2) is 70.4 Å². The van der Waals surface area contributed by atoms with Crippen LogP contribution < -0.4 is 10.1 Å². The number of fused-ring (bicyclic) bond motifs is 2. The fourth-order valence-corrected chi connectivity index (χ4v) is 2.79. The van der Waals surface area contributed by atoms with Crippen molar-refractivity contribution in [2.75, 3.05) is 13.2 Å². The summed E-state index contributed by atoms with van der Waals surface area (Å²) in [5.74, 6) is 0.213. The highest BCUT2D eigenvalue weighted by Crippen LogP contribution is 2.51. The quantitative estimate of drug-likeness (QED) is 0.848. The second-order valence-electron chi connectivity index (χ2n) is 5.46. The Morgan fingerprint density at radius 2 is 2.00 bits per heavy atom. The lowest BCUT2D eigenvalue weighted by molar-refractivity contribution is -0.117. The summed E-state index contributed by atoms with van der Waals surface area (Å²) in [7, 11) is 0. The summed E-state index contributed by atoms with van der Waals surface area (Å²) < 4.78 is 18.2. The molecule has 0 saturated heterocycles. The normalized spacial score (nSPS) is 17.4. The molecule has 4 heteroatoms. The van der Waals surface area contributed by atoms with Crippen LogP contribution in [-0.2, 0) is 4.79 Å². The molecule has 1 N–H and O–H groups in total. The molecule has 4 rings (SSSR count). The SMILES string of the molecule is O=C(NCCOc1ccc(F)cc1)C1=C2C=C3CC3=C2C=C1. The van der Waals surface area contributed by atoms with E-state index in [0.717, 1.165) is 17.6 Å². The zero-order chi connectivity index (χ0) is 15.1. The van der Waals surface area contributed by atoms with Crippen molar-refractivity contribution >= 4 is 5.91 Å². The lowest BCUT2D eigenvalue weighted by Crippen LogP contribution is -2.29. The van der Waals surface area contributed by atoms with Crippen LogP contribution >= 0.6 is 0 Å². The molecule has 0 unspecified atom stereocenters. The second-order valence-corrected chi connectivity index (χ2v) is 5.46. The van der Waals surface area contributed by atoms with Gasteiger partial charge in [-0.25, -0.2) is 4.39 Å². The Hall–Kier alpha value is -2.62. The zero-order valence-corrected chi connectivity index (χ0v) is 11.9. The molecule has 0 radical (unpaired) electrons. The van der Waals surface area contributed by atoms with Gasteiger partial charge in [0.1, 0.15) is 18.2 Å². The predicted octanol–water partition coefficient (Wildman–Crippen LogP) is 2.83. The zero-order valence-electron chi connectivity index (χ0n) is 11.9. The maximum atomic E-state index is 12.8. The van der Waals surface area contributed by atoms with Crippen LogP contribution in [-0.4, -0.2) is 19.1 Å². The van der Waals surface area contributed by atoms with E-state index in [1.165, 1.54) is 28.9 Å². The third-order valence-corrected chi connectivity index (χ3v) is 3.99. The molecule has 1 aromatic rings. The van der Waals surface area contributed by atoms with E-state index in [2.05, 4.69) is 11.4 Å². The Labute approximate surface area is 127 Å². The molecule has 0 atom stereocenters. The van der Waals surface area contributed by atoms with Crippen molar-refractivity contribution in [3.05, 3.63) is 76.2 Å². The number of carbonyl (C=O) groups excluding carboxylic acids is 1. The highest BCUT2D eigenvalue weighted by atomic mass is 19.1. The molecule has 1 saturated carbocycles. The highest BCUT2D eigenvalue weighted by molar-refractivity contribution is 6.01. The van der Waals surface area contributed by atoms with E-state index in [9.17, 15) is 9.18 Å². The van der Waals surface area contributed by atoms with Gasteiger partial charge in [0, 0.05) is 5.57 Å². The molecule has 1 aromatic carbocycles. The minimum absolute atomic E-state index is 0.0808. The Kier molecular flexibility index (Phi) is 2.96. The van der Waals surface area contributed by atoms with Crippen molar-refractivity contribution in [2.24, 2.45) is 0 Å². The van der Waals surface area contributed by atoms with Crippen molar-refractivity contribution in [1.82, 2.24) is 5.32 Å². The molecular weight excluding hydrogens is 281 g/mol. The molecule has 3 nitrogen and oxygen atoms in total. The number of nitrogens with one attached hydrogen (secondary N) is 1. The molecule has 22 heavy (non-hydrogen) atoms. The van der Waals surface area contributed by atoms with Crippen LogP contribution in [0.25, 0.3) is 0 Å².